The van der Waals surface area contributed by atoms with E-state index in [2.05, 4.69) is 20.0 Å². The van der Waals surface area contributed by atoms with E-state index < -0.39 is 33.7 Å². The van der Waals surface area contributed by atoms with Crippen LogP contribution in [0.2, 0.25) is 0 Å². The molecule has 0 spiro atoms. The van der Waals surface area contributed by atoms with E-state index in [4.69, 9.17) is 0 Å². The molecular formula is C31H26F4N4O3S2. The first-order valence-electron chi connectivity index (χ1n) is 13.3. The molecule has 0 bridgehead atoms. The van der Waals surface area contributed by atoms with Crippen molar-refractivity contribution in [2.24, 2.45) is 0 Å². The fourth-order valence-electron chi connectivity index (χ4n) is 4.40. The molecule has 44 heavy (non-hydrogen) atoms. The van der Waals surface area contributed by atoms with Crippen LogP contribution in [-0.4, -0.2) is 36.6 Å². The van der Waals surface area contributed by atoms with Crippen LogP contribution in [-0.2, 0) is 22.6 Å². The van der Waals surface area contributed by atoms with Crippen LogP contribution in [0.15, 0.2) is 102 Å². The van der Waals surface area contributed by atoms with Gasteiger partial charge < -0.3 is 10.4 Å². The first-order valence-corrected chi connectivity index (χ1v) is 15.7. The minimum atomic E-state index is -4.76. The number of hydrogen-bond acceptors (Lipinski definition) is 7. The summed E-state index contributed by atoms with van der Waals surface area (Å²) in [6.07, 6.45) is -1.49. The molecule has 7 nitrogen and oxygen atoms in total. The molecule has 0 aliphatic heterocycles. The van der Waals surface area contributed by atoms with Gasteiger partial charge in [0, 0.05) is 46.7 Å². The van der Waals surface area contributed by atoms with Gasteiger partial charge in [0.2, 0.25) is 0 Å². The lowest BCUT2D eigenvalue weighted by molar-refractivity contribution is -0.137. The Morgan fingerprint density at radius 1 is 0.977 bits per heavy atom. The van der Waals surface area contributed by atoms with Gasteiger partial charge in [-0.1, -0.05) is 30.3 Å². The monoisotopic (exact) mass is 642 g/mol. The van der Waals surface area contributed by atoms with E-state index in [1.807, 2.05) is 12.1 Å². The molecule has 228 valence electrons. The largest absolute Gasteiger partial charge is 0.417 e. The lowest BCUT2D eigenvalue weighted by Gasteiger charge is -2.12. The topological polar surface area (TPSA) is 104 Å². The van der Waals surface area contributed by atoms with Gasteiger partial charge in [0.1, 0.15) is 10.8 Å². The minimum absolute atomic E-state index is 0.00336. The van der Waals surface area contributed by atoms with E-state index in [9.17, 15) is 31.1 Å². The first kappa shape index (κ1) is 31.3. The Hall–Kier alpha value is -4.17. The van der Waals surface area contributed by atoms with E-state index >= 15 is 0 Å². The molecule has 0 amide bonds. The molecule has 5 aromatic rings. The molecule has 0 saturated heterocycles. The van der Waals surface area contributed by atoms with Crippen molar-refractivity contribution in [2.45, 2.75) is 23.6 Å². The number of nitrogens with zero attached hydrogens (tertiary/aromatic N) is 2. The molecule has 3 aromatic carbocycles. The number of alkyl halides is 3. The number of aromatic nitrogens is 2. The van der Waals surface area contributed by atoms with Gasteiger partial charge in [0.25, 0.3) is 10.0 Å². The summed E-state index contributed by atoms with van der Waals surface area (Å²) in [5, 5.41) is 15.2. The number of nitrogens with one attached hydrogen (secondary N) is 2. The van der Waals surface area contributed by atoms with Crippen molar-refractivity contribution in [3.8, 4) is 21.8 Å². The number of pyridine rings is 1. The molecule has 0 aliphatic carbocycles. The highest BCUT2D eigenvalue weighted by Gasteiger charge is 2.34. The van der Waals surface area contributed by atoms with Crippen molar-refractivity contribution in [1.82, 2.24) is 15.3 Å². The summed E-state index contributed by atoms with van der Waals surface area (Å²) in [7, 11) is -3.92. The van der Waals surface area contributed by atoms with Crippen molar-refractivity contribution in [1.29, 1.82) is 0 Å². The molecule has 0 radical (unpaired) electrons. The Morgan fingerprint density at radius 3 is 2.41 bits per heavy atom. The number of thiazole rings is 1. The average Bonchev–Trinajstić information content (AvgIpc) is 3.50. The second-order valence-electron chi connectivity index (χ2n) is 9.81. The molecule has 2 heterocycles. The van der Waals surface area contributed by atoms with E-state index in [0.29, 0.717) is 41.8 Å². The zero-order valence-corrected chi connectivity index (χ0v) is 24.6. The fourth-order valence-corrected chi connectivity index (χ4v) is 6.28. The molecule has 0 saturated carbocycles. The standard InChI is InChI=1S/C31H26F4N4O3S2/c32-23-7-12-26(27(16-23)31(33,34)35)28-19-43-30(38-28)21-5-10-25(11-6-21)44(41,42)39-24-8-3-20(4-9-24)13-15-37-18-29(40)22-2-1-14-36-17-22/h1-12,14,16-17,19,29,37,39-40H,13,15,18H2. The Morgan fingerprint density at radius 2 is 1.73 bits per heavy atom. The van der Waals surface area contributed by atoms with Gasteiger partial charge in [0.15, 0.2) is 0 Å². The fraction of sp³-hybridized carbons (Fsp3) is 0.161. The number of aliphatic hydroxyl groups excluding tert-OH is 1. The predicted octanol–water partition coefficient (Wildman–Crippen LogP) is 6.70. The molecule has 1 atom stereocenters. The maximum absolute atomic E-state index is 13.5. The molecule has 2 aromatic heterocycles. The highest BCUT2D eigenvalue weighted by Crippen LogP contribution is 2.39. The van der Waals surface area contributed by atoms with Crippen LogP contribution in [0.25, 0.3) is 21.8 Å². The highest BCUT2D eigenvalue weighted by atomic mass is 32.2. The predicted molar refractivity (Wildman–Crippen MR) is 161 cm³/mol. The number of aliphatic hydroxyl groups is 1. The second-order valence-corrected chi connectivity index (χ2v) is 12.3. The van der Waals surface area contributed by atoms with Gasteiger partial charge in [-0.05, 0) is 67.1 Å². The quantitative estimate of drug-likeness (QED) is 0.110. The van der Waals surface area contributed by atoms with Crippen molar-refractivity contribution < 1.29 is 31.1 Å². The van der Waals surface area contributed by atoms with Gasteiger partial charge in [-0.25, -0.2) is 17.8 Å². The Balaban J connectivity index is 1.18. The normalized spacial score (nSPS) is 12.7. The van der Waals surface area contributed by atoms with Crippen LogP contribution in [0.3, 0.4) is 0 Å². The zero-order chi connectivity index (χ0) is 31.3. The van der Waals surface area contributed by atoms with Crippen LogP contribution < -0.4 is 10.0 Å². The summed E-state index contributed by atoms with van der Waals surface area (Å²) >= 11 is 1.09. The molecule has 5 rings (SSSR count). The molecular weight excluding hydrogens is 616 g/mol. The third kappa shape index (κ3) is 7.66. The van der Waals surface area contributed by atoms with Crippen molar-refractivity contribution in [3.05, 3.63) is 119 Å². The van der Waals surface area contributed by atoms with E-state index in [-0.39, 0.29) is 16.2 Å². The summed E-state index contributed by atoms with van der Waals surface area (Å²) < 4.78 is 82.3. The Kier molecular flexibility index (Phi) is 9.39. The van der Waals surface area contributed by atoms with Crippen LogP contribution in [0.4, 0.5) is 23.2 Å². The van der Waals surface area contributed by atoms with Gasteiger partial charge in [0.05, 0.1) is 22.3 Å². The maximum Gasteiger partial charge on any atom is 0.417 e. The summed E-state index contributed by atoms with van der Waals surface area (Å²) in [6.45, 7) is 0.988. The summed E-state index contributed by atoms with van der Waals surface area (Å²) in [6, 6.07) is 18.7. The lowest BCUT2D eigenvalue weighted by atomic mass is 10.0. The first-order chi connectivity index (χ1) is 21.0. The van der Waals surface area contributed by atoms with Crippen molar-refractivity contribution in [2.75, 3.05) is 17.8 Å². The van der Waals surface area contributed by atoms with Crippen LogP contribution >= 0.6 is 11.3 Å². The van der Waals surface area contributed by atoms with E-state index in [0.717, 1.165) is 34.6 Å². The summed E-state index contributed by atoms with van der Waals surface area (Å²) in [4.78, 5) is 8.27. The van der Waals surface area contributed by atoms with Crippen molar-refractivity contribution in [3.63, 3.8) is 0 Å². The van der Waals surface area contributed by atoms with Gasteiger partial charge in [-0.3, -0.25) is 9.71 Å². The van der Waals surface area contributed by atoms with Crippen LogP contribution in [0, 0.1) is 5.82 Å². The smallest absolute Gasteiger partial charge is 0.387 e. The number of sulfonamides is 1. The van der Waals surface area contributed by atoms with Gasteiger partial charge in [-0.2, -0.15) is 13.2 Å². The lowest BCUT2D eigenvalue weighted by Crippen LogP contribution is -2.23. The van der Waals surface area contributed by atoms with E-state index in [1.165, 1.54) is 29.6 Å². The number of benzene rings is 3. The Bertz CT molecular complexity index is 1810. The zero-order valence-electron chi connectivity index (χ0n) is 22.9. The number of rotatable bonds is 11. The van der Waals surface area contributed by atoms with Crippen LogP contribution in [0.5, 0.6) is 0 Å². The molecule has 0 aliphatic rings. The van der Waals surface area contributed by atoms with Crippen LogP contribution in [0.1, 0.15) is 22.8 Å². The average molecular weight is 643 g/mol. The number of halogens is 4. The number of anilines is 1. The summed E-state index contributed by atoms with van der Waals surface area (Å²) in [5.41, 5.74) is 1.27. The minimum Gasteiger partial charge on any atom is -0.387 e. The van der Waals surface area contributed by atoms with Gasteiger partial charge in [-0.15, -0.1) is 11.3 Å². The maximum atomic E-state index is 13.5. The molecule has 1 unspecified atom stereocenters. The Labute approximate surface area is 255 Å². The third-order valence-corrected chi connectivity index (χ3v) is 8.97. The SMILES string of the molecule is O=S(=O)(Nc1ccc(CCNCC(O)c2cccnc2)cc1)c1ccc(-c2nc(-c3ccc(F)cc3C(F)(F)F)cs2)cc1. The second kappa shape index (κ2) is 13.2. The van der Waals surface area contributed by atoms with Crippen molar-refractivity contribution >= 4 is 27.0 Å². The van der Waals surface area contributed by atoms with Gasteiger partial charge >= 0.3 is 6.18 Å². The molecule has 3 N–H and O–H groups in total. The highest BCUT2D eigenvalue weighted by molar-refractivity contribution is 7.92. The number of hydrogen-bond donors (Lipinski definition) is 3. The molecule has 0 fully saturated rings. The van der Waals surface area contributed by atoms with E-state index in [1.54, 1.807) is 36.7 Å². The molecule has 13 heteroatoms. The summed E-state index contributed by atoms with van der Waals surface area (Å²) in [5.74, 6) is -1.000. The third-order valence-electron chi connectivity index (χ3n) is 6.68.